The molecule has 2 aromatic heterocycles. The minimum absolute atomic E-state index is 0.0392. The molecule has 0 atom stereocenters. The summed E-state index contributed by atoms with van der Waals surface area (Å²) in [5.41, 5.74) is 2.01. The largest absolute Gasteiger partial charge is 0.497 e. The number of fused-ring (bicyclic) bond motifs is 1. The number of anilines is 1. The number of ether oxygens (including phenoxy) is 2. The number of aryl methyl sites for hydroxylation is 1. The van der Waals surface area contributed by atoms with Gasteiger partial charge in [-0.2, -0.15) is 5.10 Å². The Kier molecular flexibility index (Phi) is 5.72. The molecule has 1 N–H and O–H groups in total. The van der Waals surface area contributed by atoms with Gasteiger partial charge in [0.15, 0.2) is 5.65 Å². The zero-order valence-corrected chi connectivity index (χ0v) is 17.6. The lowest BCUT2D eigenvalue weighted by molar-refractivity contribution is 0.102. The molecule has 0 aliphatic heterocycles. The first-order valence-corrected chi connectivity index (χ1v) is 9.68. The number of hydrogen-bond donors (Lipinski definition) is 1. The molecule has 32 heavy (non-hydrogen) atoms. The quantitative estimate of drug-likeness (QED) is 0.463. The van der Waals surface area contributed by atoms with Gasteiger partial charge in [0.2, 0.25) is 0 Å². The summed E-state index contributed by atoms with van der Waals surface area (Å²) in [7, 11) is 3.09. The molecule has 164 valence electrons. The Hall–Kier alpha value is -4.01. The lowest BCUT2D eigenvalue weighted by atomic mass is 10.1. The fourth-order valence-electron chi connectivity index (χ4n) is 3.30. The van der Waals surface area contributed by atoms with Gasteiger partial charge in [0.05, 0.1) is 26.1 Å². The number of benzene rings is 2. The molecule has 0 saturated heterocycles. The highest BCUT2D eigenvalue weighted by molar-refractivity contribution is 6.08. The van der Waals surface area contributed by atoms with Crippen molar-refractivity contribution in [3.8, 4) is 22.8 Å². The smallest absolute Gasteiger partial charge is 0.280 e. The number of nitrogens with zero attached hydrogens (tertiary/aromatic N) is 3. The van der Waals surface area contributed by atoms with Gasteiger partial charge in [-0.15, -0.1) is 0 Å². The van der Waals surface area contributed by atoms with Crippen LogP contribution in [0, 0.1) is 6.92 Å². The average Bonchev–Trinajstić information content (AvgIpc) is 3.23. The molecule has 4 rings (SSSR count). The second kappa shape index (κ2) is 8.62. The fraction of sp³-hybridized carbons (Fsp3) is 0.174. The highest BCUT2D eigenvalue weighted by atomic mass is 19.3. The molecule has 2 heterocycles. The predicted molar refractivity (Wildman–Crippen MR) is 116 cm³/mol. The van der Waals surface area contributed by atoms with E-state index in [1.807, 2.05) is 6.92 Å². The van der Waals surface area contributed by atoms with Crippen LogP contribution >= 0.6 is 0 Å². The van der Waals surface area contributed by atoms with Crippen molar-refractivity contribution in [2.45, 2.75) is 13.3 Å². The number of rotatable bonds is 6. The molecule has 0 saturated carbocycles. The van der Waals surface area contributed by atoms with E-state index in [1.165, 1.54) is 19.4 Å². The van der Waals surface area contributed by atoms with Crippen LogP contribution in [-0.4, -0.2) is 34.7 Å². The van der Waals surface area contributed by atoms with Crippen LogP contribution in [0.2, 0.25) is 0 Å². The molecular formula is C23H20F2N4O3. The van der Waals surface area contributed by atoms with Gasteiger partial charge in [-0.1, -0.05) is 0 Å². The van der Waals surface area contributed by atoms with Crippen molar-refractivity contribution in [1.29, 1.82) is 0 Å². The summed E-state index contributed by atoms with van der Waals surface area (Å²) >= 11 is 0. The van der Waals surface area contributed by atoms with E-state index in [9.17, 15) is 13.6 Å². The van der Waals surface area contributed by atoms with E-state index in [0.29, 0.717) is 28.4 Å². The molecule has 7 nitrogen and oxygen atoms in total. The highest BCUT2D eigenvalue weighted by Gasteiger charge is 2.22. The molecule has 0 bridgehead atoms. The number of halogens is 2. The van der Waals surface area contributed by atoms with Crippen molar-refractivity contribution in [2.75, 3.05) is 19.5 Å². The van der Waals surface area contributed by atoms with Gasteiger partial charge >= 0.3 is 0 Å². The van der Waals surface area contributed by atoms with Gasteiger partial charge in [0, 0.05) is 11.3 Å². The number of methoxy groups -OCH3 is 2. The van der Waals surface area contributed by atoms with Crippen LogP contribution in [-0.2, 0) is 0 Å². The van der Waals surface area contributed by atoms with Crippen LogP contribution < -0.4 is 14.8 Å². The third-order valence-corrected chi connectivity index (χ3v) is 5.04. The molecule has 0 spiro atoms. The second-order valence-corrected chi connectivity index (χ2v) is 7.02. The topological polar surface area (TPSA) is 77.8 Å². The van der Waals surface area contributed by atoms with Crippen molar-refractivity contribution in [3.05, 3.63) is 71.5 Å². The summed E-state index contributed by atoms with van der Waals surface area (Å²) in [6, 6.07) is 13.3. The molecule has 0 aliphatic carbocycles. The molecule has 0 fully saturated rings. The number of amides is 1. The first-order valence-electron chi connectivity index (χ1n) is 9.68. The van der Waals surface area contributed by atoms with E-state index in [2.05, 4.69) is 15.4 Å². The van der Waals surface area contributed by atoms with E-state index < -0.39 is 12.3 Å². The van der Waals surface area contributed by atoms with Crippen molar-refractivity contribution >= 4 is 17.2 Å². The molecule has 0 radical (unpaired) electrons. The molecule has 0 unspecified atom stereocenters. The van der Waals surface area contributed by atoms with Crippen LogP contribution in [0.15, 0.2) is 54.7 Å². The maximum Gasteiger partial charge on any atom is 0.280 e. The van der Waals surface area contributed by atoms with Crippen LogP contribution in [0.25, 0.3) is 16.9 Å². The molecule has 9 heteroatoms. The number of carbonyl (C=O) groups is 1. The maximum atomic E-state index is 13.8. The minimum atomic E-state index is -2.81. The first-order chi connectivity index (χ1) is 15.4. The van der Waals surface area contributed by atoms with E-state index in [1.54, 1.807) is 49.6 Å². The fourth-order valence-corrected chi connectivity index (χ4v) is 3.30. The van der Waals surface area contributed by atoms with E-state index in [4.69, 9.17) is 9.47 Å². The van der Waals surface area contributed by atoms with Crippen LogP contribution in [0.3, 0.4) is 0 Å². The number of nitrogens with one attached hydrogen (secondary N) is 1. The normalized spacial score (nSPS) is 11.1. The standard InChI is InChI=1S/C23H20F2N4O3/c1-13-10-16(32-3)8-9-18(13)28-23(30)17-12-26-29-20(21(24)25)11-19(27-22(17)29)14-4-6-15(31-2)7-5-14/h4-12,21H,1-3H3,(H,28,30). The zero-order valence-electron chi connectivity index (χ0n) is 17.6. The van der Waals surface area contributed by atoms with Crippen molar-refractivity contribution in [1.82, 2.24) is 14.6 Å². The Morgan fingerprint density at radius 3 is 2.34 bits per heavy atom. The summed E-state index contributed by atoms with van der Waals surface area (Å²) < 4.78 is 38.9. The van der Waals surface area contributed by atoms with Crippen molar-refractivity contribution < 1.29 is 23.0 Å². The number of hydrogen-bond acceptors (Lipinski definition) is 5. The monoisotopic (exact) mass is 438 g/mol. The average molecular weight is 438 g/mol. The van der Waals surface area contributed by atoms with Gasteiger partial charge in [0.1, 0.15) is 22.8 Å². The van der Waals surface area contributed by atoms with E-state index in [-0.39, 0.29) is 16.9 Å². The Bertz CT molecular complexity index is 1290. The second-order valence-electron chi connectivity index (χ2n) is 7.02. The first kappa shape index (κ1) is 21.2. The van der Waals surface area contributed by atoms with E-state index >= 15 is 0 Å². The van der Waals surface area contributed by atoms with Crippen LogP contribution in [0.1, 0.15) is 28.0 Å². The van der Waals surface area contributed by atoms with Gasteiger partial charge in [-0.05, 0) is 61.0 Å². The molecule has 4 aromatic rings. The van der Waals surface area contributed by atoms with Crippen molar-refractivity contribution in [3.63, 3.8) is 0 Å². The summed E-state index contributed by atoms with van der Waals surface area (Å²) in [6.07, 6.45) is -1.57. The minimum Gasteiger partial charge on any atom is -0.497 e. The third kappa shape index (κ3) is 3.96. The lowest BCUT2D eigenvalue weighted by Gasteiger charge is -2.11. The van der Waals surface area contributed by atoms with Gasteiger partial charge in [-0.3, -0.25) is 4.79 Å². The van der Waals surface area contributed by atoms with Gasteiger partial charge in [-0.25, -0.2) is 18.3 Å². The Morgan fingerprint density at radius 2 is 1.72 bits per heavy atom. The lowest BCUT2D eigenvalue weighted by Crippen LogP contribution is -2.13. The number of aromatic nitrogens is 3. The molecule has 1 amide bonds. The Labute approximate surface area is 182 Å². The summed E-state index contributed by atoms with van der Waals surface area (Å²) in [5, 5.41) is 6.78. The zero-order chi connectivity index (χ0) is 22.8. The van der Waals surface area contributed by atoms with Gasteiger partial charge in [0.25, 0.3) is 12.3 Å². The summed E-state index contributed by atoms with van der Waals surface area (Å²) in [6.45, 7) is 1.82. The van der Waals surface area contributed by atoms with Crippen LogP contribution in [0.5, 0.6) is 11.5 Å². The van der Waals surface area contributed by atoms with Crippen molar-refractivity contribution in [2.24, 2.45) is 0 Å². The number of alkyl halides is 2. The molecule has 2 aromatic carbocycles. The molecular weight excluding hydrogens is 418 g/mol. The predicted octanol–water partition coefficient (Wildman–Crippen LogP) is 4.91. The highest BCUT2D eigenvalue weighted by Crippen LogP contribution is 2.28. The van der Waals surface area contributed by atoms with Gasteiger partial charge < -0.3 is 14.8 Å². The number of carbonyl (C=O) groups excluding carboxylic acids is 1. The Morgan fingerprint density at radius 1 is 1.03 bits per heavy atom. The summed E-state index contributed by atoms with van der Waals surface area (Å²) in [5.74, 6) is 0.778. The maximum absolute atomic E-state index is 13.8. The Balaban J connectivity index is 1.76. The molecule has 0 aliphatic rings. The SMILES string of the molecule is COc1ccc(-c2cc(C(F)F)n3ncc(C(=O)Nc4ccc(OC)cc4C)c3n2)cc1. The summed E-state index contributed by atoms with van der Waals surface area (Å²) in [4.78, 5) is 17.4. The van der Waals surface area contributed by atoms with Crippen LogP contribution in [0.4, 0.5) is 14.5 Å². The van der Waals surface area contributed by atoms with E-state index in [0.717, 1.165) is 10.1 Å². The third-order valence-electron chi connectivity index (χ3n) is 5.04.